The van der Waals surface area contributed by atoms with Crippen LogP contribution in [0.5, 0.6) is 28.7 Å². The molecule has 0 radical (unpaired) electrons. The van der Waals surface area contributed by atoms with Gasteiger partial charge >= 0.3 is 214 Å². The molecule has 5 rings (SSSR count). The summed E-state index contributed by atoms with van der Waals surface area (Å²) < 4.78 is 105. The van der Waals surface area contributed by atoms with E-state index in [9.17, 15) is 107 Å². The van der Waals surface area contributed by atoms with Crippen LogP contribution in [-0.2, 0) is 65.9 Å². The standard InChI is InChI=1S/C34H37O36P3.6Na/c1-9-20(63-30(38)39)24(65-32(42)43)26(67-34(46)47)28(58-9)57-8-17-22(64-31(40)41)25(66-33(44)45)27(59-10(2)35)29(61-17)62-23-19(37)18-13(36)6-12(68-71(48,49)50)7-16(18)60-21(23)11-3-4-14(69-72(51,52)53)15(5-11)70-73(54,55)56;;;;;;/h3-7,9,17,20-29,36H,8H2,1-2H3,(H,38,39)(H,40,41)(H,42,43)(H,44,45)(H,46,47)(H2,48,49,50)(H2,51,52,53)(H2,54,55,56);;;;;;/q;6*+1/p-6/t9?,17-,20?,21?,22?,23?,24-,25+,26-,27?,28+,29+;;;;;;/m1....../s1. The van der Waals surface area contributed by atoms with Crippen LogP contribution in [0.3, 0.4) is 0 Å². The average molecular weight is 1250 g/mol. The van der Waals surface area contributed by atoms with E-state index in [0.29, 0.717) is 37.3 Å². The third-order valence-corrected chi connectivity index (χ3v) is 10.8. The van der Waals surface area contributed by atoms with Gasteiger partial charge in [-0.1, -0.05) is 6.07 Å². The van der Waals surface area contributed by atoms with Gasteiger partial charge in [0.2, 0.25) is 5.78 Å². The molecule has 0 amide bonds. The summed E-state index contributed by atoms with van der Waals surface area (Å²) in [5, 5.41) is 58.6. The van der Waals surface area contributed by atoms with Gasteiger partial charge in [-0.15, -0.1) is 0 Å². The fourth-order valence-corrected chi connectivity index (χ4v) is 8.34. The van der Waals surface area contributed by atoms with Gasteiger partial charge in [0.25, 0.3) is 0 Å². The van der Waals surface area contributed by atoms with Crippen LogP contribution in [-0.4, -0.2) is 147 Å². The minimum atomic E-state index is -6.25. The van der Waals surface area contributed by atoms with E-state index in [2.05, 4.69) is 27.8 Å². The maximum atomic E-state index is 14.5. The molecule has 0 saturated carbocycles. The number of carboxylic acid groups (broad SMARTS) is 5. The number of rotatable bonds is 18. The number of phenols is 1. The largest absolute Gasteiger partial charge is 1.00 e. The van der Waals surface area contributed by atoms with Crippen LogP contribution < -0.4 is 225 Å². The first kappa shape index (κ1) is 80.3. The number of ether oxygens (including phenoxy) is 11. The van der Waals surface area contributed by atoms with Gasteiger partial charge in [-0.25, -0.2) is 24.0 Å². The van der Waals surface area contributed by atoms with E-state index < -0.39 is 186 Å². The SMILES string of the molecule is CC(=O)OC1[C@H](OC2C(=O)c3c(O)cc(OP(=O)([O-])[O-])cc3OC2c2ccc(OP(=O)([O-])[O-])c(OP(=O)([O-])[O-])c2)O[C@H](CO[C@H]2OC(C)C(OC(=O)O)[C@@H](OC(=O)O)[C@H]2OC(=O)O)C(OC(=O)O)[C@@H]1OC(=O)O.[Na+].[Na+].[Na+].[Na+].[Na+].[Na+]. The fraction of sp³-hybridized carbons (Fsp3) is 0.441. The maximum absolute atomic E-state index is 14.5. The number of phosphoric ester groups is 3. The fourth-order valence-electron chi connectivity index (χ4n) is 7.20. The molecule has 45 heteroatoms. The molecule has 3 aliphatic rings. The summed E-state index contributed by atoms with van der Waals surface area (Å²) in [6.45, 7) is 0.384. The average Bonchev–Trinajstić information content (AvgIpc) is 3.20. The van der Waals surface area contributed by atoms with Gasteiger partial charge in [0, 0.05) is 19.1 Å². The van der Waals surface area contributed by atoms with Crippen LogP contribution in [0, 0.1) is 0 Å². The summed E-state index contributed by atoms with van der Waals surface area (Å²) in [6, 6.07) is 2.39. The van der Waals surface area contributed by atoms with E-state index in [0.717, 1.165) is 6.92 Å². The third kappa shape index (κ3) is 23.5. The summed E-state index contributed by atoms with van der Waals surface area (Å²) in [6.07, 6.45) is -38.7. The van der Waals surface area contributed by atoms with Crippen molar-refractivity contribution in [2.24, 2.45) is 0 Å². The molecule has 2 fully saturated rings. The minimum Gasteiger partial charge on any atom is -0.780 e. The summed E-state index contributed by atoms with van der Waals surface area (Å²) in [5.41, 5.74) is -1.71. The van der Waals surface area contributed by atoms with E-state index in [4.69, 9.17) is 37.9 Å². The van der Waals surface area contributed by atoms with E-state index in [1.165, 1.54) is 0 Å². The summed E-state index contributed by atoms with van der Waals surface area (Å²) >= 11 is 0. The Bertz CT molecular complexity index is 2630. The van der Waals surface area contributed by atoms with Crippen LogP contribution >= 0.6 is 23.5 Å². The Morgan fingerprint density at radius 3 is 1.53 bits per heavy atom. The molecule has 3 heterocycles. The van der Waals surface area contributed by atoms with Crippen molar-refractivity contribution in [3.05, 3.63) is 41.5 Å². The quantitative estimate of drug-likeness (QED) is 0.0349. The number of hydrogen-bond donors (Lipinski definition) is 6. The molecule has 2 aromatic rings. The van der Waals surface area contributed by atoms with Gasteiger partial charge in [-0.05, 0) is 24.6 Å². The van der Waals surface area contributed by atoms with Crippen LogP contribution in [0.2, 0.25) is 0 Å². The van der Waals surface area contributed by atoms with Crippen molar-refractivity contribution in [1.29, 1.82) is 0 Å². The molecule has 0 spiro atoms. The smallest absolute Gasteiger partial charge is 0.780 e. The van der Waals surface area contributed by atoms with Crippen molar-refractivity contribution in [3.8, 4) is 28.7 Å². The Hall–Kier alpha value is -0.780. The number of benzene rings is 2. The number of hydrogen-bond acceptors (Lipinski definition) is 31. The summed E-state index contributed by atoms with van der Waals surface area (Å²) in [4.78, 5) is 156. The Morgan fingerprint density at radius 1 is 0.582 bits per heavy atom. The number of fused-ring (bicyclic) bond motifs is 1. The van der Waals surface area contributed by atoms with Gasteiger partial charge in [-0.2, -0.15) is 0 Å². The molecule has 404 valence electrons. The molecule has 36 nitrogen and oxygen atoms in total. The molecular formula is C34H31Na6O36P3. The second kappa shape index (κ2) is 33.8. The van der Waals surface area contributed by atoms with E-state index >= 15 is 0 Å². The minimum absolute atomic E-state index is 0. The van der Waals surface area contributed by atoms with Crippen LogP contribution in [0.25, 0.3) is 0 Å². The Labute approximate surface area is 573 Å². The zero-order valence-corrected chi connectivity index (χ0v) is 56.5. The number of aromatic hydroxyl groups is 1. The topological polar surface area (TPSA) is 560 Å². The number of carbonyl (C=O) groups excluding carboxylic acids is 2. The van der Waals surface area contributed by atoms with Crippen LogP contribution in [0.1, 0.15) is 35.9 Å². The van der Waals surface area contributed by atoms with Gasteiger partial charge in [0.1, 0.15) is 52.4 Å². The molecule has 0 aromatic heterocycles. The van der Waals surface area contributed by atoms with E-state index in [-0.39, 0.29) is 177 Å². The normalized spacial score (nSPS) is 25.0. The van der Waals surface area contributed by atoms with Crippen molar-refractivity contribution < 1.29 is 350 Å². The number of esters is 1. The molecule has 6 unspecified atom stereocenters. The van der Waals surface area contributed by atoms with Gasteiger partial charge in [0.05, 0.1) is 12.7 Å². The zero-order chi connectivity index (χ0) is 54.7. The number of ketones is 1. The van der Waals surface area contributed by atoms with Crippen LogP contribution in [0.15, 0.2) is 30.3 Å². The molecular weight excluding hydrogens is 1220 g/mol. The number of phenolic OH excluding ortho intramolecular Hbond substituents is 1. The molecule has 2 aromatic carbocycles. The number of phosphoric acid groups is 3. The number of Topliss-reactive ketones (excluding diaryl/α,β-unsaturated/α-hetero) is 1. The Kier molecular flexibility index (Phi) is 34.3. The second-order valence-corrected chi connectivity index (χ2v) is 17.7. The molecule has 0 bridgehead atoms. The molecule has 12 atom stereocenters. The predicted octanol–water partition coefficient (Wildman–Crippen LogP) is -20.5. The van der Waals surface area contributed by atoms with Crippen molar-refractivity contribution >= 4 is 66.0 Å². The van der Waals surface area contributed by atoms with Crippen molar-refractivity contribution in [1.82, 2.24) is 0 Å². The first-order valence-electron chi connectivity index (χ1n) is 19.3. The first-order valence-corrected chi connectivity index (χ1v) is 23.7. The van der Waals surface area contributed by atoms with Gasteiger partial charge in [-0.3, -0.25) is 9.59 Å². The molecule has 6 N–H and O–H groups in total. The molecule has 0 aliphatic carbocycles. The predicted molar refractivity (Wildman–Crippen MR) is 201 cm³/mol. The van der Waals surface area contributed by atoms with E-state index in [1.54, 1.807) is 0 Å². The molecule has 3 aliphatic heterocycles. The number of carbonyl (C=O) groups is 7. The van der Waals surface area contributed by atoms with Crippen LogP contribution in [0.4, 0.5) is 24.0 Å². The van der Waals surface area contributed by atoms with Crippen molar-refractivity contribution in [3.63, 3.8) is 0 Å². The van der Waals surface area contributed by atoms with Crippen molar-refractivity contribution in [2.45, 2.75) is 87.5 Å². The van der Waals surface area contributed by atoms with Gasteiger partial charge < -0.3 is 139 Å². The van der Waals surface area contributed by atoms with E-state index in [1.807, 2.05) is 0 Å². The zero-order valence-electron chi connectivity index (χ0n) is 41.8. The van der Waals surface area contributed by atoms with Crippen molar-refractivity contribution in [2.75, 3.05) is 6.61 Å². The third-order valence-electron chi connectivity index (χ3n) is 9.53. The Balaban J connectivity index is 0. The van der Waals surface area contributed by atoms with Gasteiger partial charge in [0.15, 0.2) is 72.9 Å². The summed E-state index contributed by atoms with van der Waals surface area (Å²) in [7, 11) is -18.3. The monoisotopic (exact) mass is 1250 g/mol. The molecule has 2 saturated heterocycles. The molecule has 79 heavy (non-hydrogen) atoms. The Morgan fingerprint density at radius 2 is 1.04 bits per heavy atom. The second-order valence-electron chi connectivity index (χ2n) is 14.5. The maximum Gasteiger partial charge on any atom is 1.00 e. The summed E-state index contributed by atoms with van der Waals surface area (Å²) in [5.74, 6) is -8.84. The first-order chi connectivity index (χ1) is 33.7.